The van der Waals surface area contributed by atoms with E-state index in [1.807, 2.05) is 6.20 Å². The molecule has 0 aliphatic heterocycles. The van der Waals surface area contributed by atoms with Crippen LogP contribution in [0.5, 0.6) is 0 Å². The minimum atomic E-state index is 0.472. The lowest BCUT2D eigenvalue weighted by molar-refractivity contribution is 0.758. The molecule has 0 saturated heterocycles. The minimum absolute atomic E-state index is 0.472. The average molecular weight is 161 g/mol. The van der Waals surface area contributed by atoms with E-state index in [9.17, 15) is 0 Å². The van der Waals surface area contributed by atoms with Gasteiger partial charge in [0.2, 0.25) is 0 Å². The Hall–Kier alpha value is -0.850. The minimum Gasteiger partial charge on any atom is -0.261 e. The molecule has 1 aliphatic carbocycles. The van der Waals surface area contributed by atoms with Gasteiger partial charge in [0.15, 0.2) is 0 Å². The number of aromatic nitrogens is 1. The lowest BCUT2D eigenvalue weighted by Crippen LogP contribution is -2.05. The van der Waals surface area contributed by atoms with Gasteiger partial charge in [-0.25, -0.2) is 0 Å². The smallest absolute Gasteiger partial charge is 0.0438 e. The lowest BCUT2D eigenvalue weighted by Gasteiger charge is -2.12. The van der Waals surface area contributed by atoms with E-state index in [4.69, 9.17) is 0 Å². The van der Waals surface area contributed by atoms with Gasteiger partial charge in [-0.3, -0.25) is 4.98 Å². The van der Waals surface area contributed by atoms with Gasteiger partial charge in [-0.05, 0) is 36.3 Å². The van der Waals surface area contributed by atoms with Crippen LogP contribution in [-0.2, 0) is 11.8 Å². The summed E-state index contributed by atoms with van der Waals surface area (Å²) in [4.78, 5) is 4.40. The summed E-state index contributed by atoms with van der Waals surface area (Å²) in [6.07, 6.45) is 5.64. The second-order valence-electron chi connectivity index (χ2n) is 3.91. The summed E-state index contributed by atoms with van der Waals surface area (Å²) < 4.78 is 0. The van der Waals surface area contributed by atoms with Gasteiger partial charge in [0.1, 0.15) is 0 Å². The highest BCUT2D eigenvalue weighted by molar-refractivity contribution is 5.33. The van der Waals surface area contributed by atoms with Crippen molar-refractivity contribution in [1.29, 1.82) is 0 Å². The maximum Gasteiger partial charge on any atom is 0.0438 e. The van der Waals surface area contributed by atoms with E-state index in [0.29, 0.717) is 5.41 Å². The monoisotopic (exact) mass is 161 g/mol. The number of nitrogens with zero attached hydrogens (tertiary/aromatic N) is 1. The van der Waals surface area contributed by atoms with Crippen LogP contribution < -0.4 is 0 Å². The van der Waals surface area contributed by atoms with Crippen molar-refractivity contribution in [3.05, 3.63) is 29.6 Å². The predicted molar refractivity (Wildman–Crippen MR) is 50.2 cm³/mol. The number of hydrogen-bond donors (Lipinski definition) is 0. The Bertz CT molecular complexity index is 287. The van der Waals surface area contributed by atoms with Gasteiger partial charge < -0.3 is 0 Å². The molecular formula is C11H15N. The van der Waals surface area contributed by atoms with Crippen molar-refractivity contribution in [2.75, 3.05) is 0 Å². The number of pyridine rings is 1. The van der Waals surface area contributed by atoms with Crippen LogP contribution >= 0.6 is 0 Å². The van der Waals surface area contributed by atoms with E-state index < -0.39 is 0 Å². The molecule has 0 atom stereocenters. The Balaban J connectivity index is 2.42. The first kappa shape index (κ1) is 7.78. The molecule has 12 heavy (non-hydrogen) atoms. The van der Waals surface area contributed by atoms with E-state index in [1.54, 1.807) is 0 Å². The average Bonchev–Trinajstić information content (AvgIpc) is 2.85. The maximum atomic E-state index is 4.40. The molecule has 1 aromatic heterocycles. The first-order valence-electron chi connectivity index (χ1n) is 4.70. The Morgan fingerprint density at radius 3 is 2.83 bits per heavy atom. The van der Waals surface area contributed by atoms with Crippen LogP contribution in [-0.4, -0.2) is 4.98 Å². The molecular weight excluding hydrogens is 146 g/mol. The predicted octanol–water partition coefficient (Wildman–Crippen LogP) is 2.70. The number of aryl methyl sites for hydroxylation is 1. The molecule has 1 nitrogen and oxygen atoms in total. The van der Waals surface area contributed by atoms with E-state index in [1.165, 1.54) is 24.1 Å². The van der Waals surface area contributed by atoms with Gasteiger partial charge in [-0.1, -0.05) is 19.9 Å². The Morgan fingerprint density at radius 2 is 2.25 bits per heavy atom. The van der Waals surface area contributed by atoms with Crippen molar-refractivity contribution in [3.8, 4) is 0 Å². The summed E-state index contributed by atoms with van der Waals surface area (Å²) in [5.41, 5.74) is 3.24. The van der Waals surface area contributed by atoms with Crippen LogP contribution in [0.1, 0.15) is 37.9 Å². The Labute approximate surface area is 73.8 Å². The normalized spacial score (nSPS) is 19.2. The molecule has 0 aromatic carbocycles. The topological polar surface area (TPSA) is 12.9 Å². The van der Waals surface area contributed by atoms with Crippen LogP contribution in [0.25, 0.3) is 0 Å². The third kappa shape index (κ3) is 1.13. The summed E-state index contributed by atoms with van der Waals surface area (Å²) in [6.45, 7) is 4.51. The maximum absolute atomic E-state index is 4.40. The summed E-state index contributed by atoms with van der Waals surface area (Å²) in [6, 6.07) is 4.29. The Kier molecular flexibility index (Phi) is 1.67. The molecule has 0 spiro atoms. The van der Waals surface area contributed by atoms with E-state index >= 15 is 0 Å². The quantitative estimate of drug-likeness (QED) is 0.650. The van der Waals surface area contributed by atoms with Gasteiger partial charge in [-0.2, -0.15) is 0 Å². The highest BCUT2D eigenvalue weighted by atomic mass is 14.7. The third-order valence-corrected chi connectivity index (χ3v) is 2.88. The van der Waals surface area contributed by atoms with Crippen molar-refractivity contribution in [2.24, 2.45) is 0 Å². The number of rotatable bonds is 2. The Morgan fingerprint density at radius 1 is 1.50 bits per heavy atom. The van der Waals surface area contributed by atoms with Crippen molar-refractivity contribution in [1.82, 2.24) is 4.98 Å². The molecule has 0 radical (unpaired) electrons. The van der Waals surface area contributed by atoms with Gasteiger partial charge >= 0.3 is 0 Å². The molecule has 1 aromatic rings. The summed E-state index contributed by atoms with van der Waals surface area (Å²) >= 11 is 0. The molecule has 0 N–H and O–H groups in total. The molecule has 1 saturated carbocycles. The molecule has 0 unspecified atom stereocenters. The number of hydrogen-bond acceptors (Lipinski definition) is 1. The standard InChI is InChI=1S/C11H15N/c1-3-10-9(5-4-8-12-10)11(2)6-7-11/h4-5,8H,3,6-7H2,1-2H3. The van der Waals surface area contributed by atoms with E-state index in [-0.39, 0.29) is 0 Å². The van der Waals surface area contributed by atoms with E-state index in [0.717, 1.165) is 6.42 Å². The second kappa shape index (κ2) is 2.58. The fourth-order valence-corrected chi connectivity index (χ4v) is 1.73. The van der Waals surface area contributed by atoms with Crippen LogP contribution in [0.15, 0.2) is 18.3 Å². The van der Waals surface area contributed by atoms with Gasteiger partial charge in [0, 0.05) is 11.9 Å². The first-order valence-corrected chi connectivity index (χ1v) is 4.70. The zero-order valence-corrected chi connectivity index (χ0v) is 7.80. The van der Waals surface area contributed by atoms with Crippen LogP contribution in [0, 0.1) is 0 Å². The van der Waals surface area contributed by atoms with Gasteiger partial charge in [0.05, 0.1) is 0 Å². The van der Waals surface area contributed by atoms with Crippen molar-refractivity contribution in [3.63, 3.8) is 0 Å². The third-order valence-electron chi connectivity index (χ3n) is 2.88. The molecule has 2 rings (SSSR count). The van der Waals surface area contributed by atoms with E-state index in [2.05, 4.69) is 31.0 Å². The molecule has 64 valence electrons. The zero-order valence-electron chi connectivity index (χ0n) is 7.80. The molecule has 0 bridgehead atoms. The zero-order chi connectivity index (χ0) is 8.60. The van der Waals surface area contributed by atoms with Crippen LogP contribution in [0.2, 0.25) is 0 Å². The van der Waals surface area contributed by atoms with Crippen LogP contribution in [0.3, 0.4) is 0 Å². The fourth-order valence-electron chi connectivity index (χ4n) is 1.73. The molecule has 0 amide bonds. The highest BCUT2D eigenvalue weighted by Crippen LogP contribution is 2.48. The first-order chi connectivity index (χ1) is 5.76. The van der Waals surface area contributed by atoms with Gasteiger partial charge in [0.25, 0.3) is 0 Å². The largest absolute Gasteiger partial charge is 0.261 e. The highest BCUT2D eigenvalue weighted by Gasteiger charge is 2.40. The molecule has 1 aliphatic rings. The fraction of sp³-hybridized carbons (Fsp3) is 0.545. The SMILES string of the molecule is CCc1ncccc1C1(C)CC1. The molecule has 1 heterocycles. The molecule has 1 fully saturated rings. The van der Waals surface area contributed by atoms with Crippen LogP contribution in [0.4, 0.5) is 0 Å². The summed E-state index contributed by atoms with van der Waals surface area (Å²) in [5.74, 6) is 0. The van der Waals surface area contributed by atoms with Gasteiger partial charge in [-0.15, -0.1) is 0 Å². The second-order valence-corrected chi connectivity index (χ2v) is 3.91. The van der Waals surface area contributed by atoms with Crippen molar-refractivity contribution < 1.29 is 0 Å². The molecule has 1 heteroatoms. The van der Waals surface area contributed by atoms with Crippen molar-refractivity contribution >= 4 is 0 Å². The summed E-state index contributed by atoms with van der Waals surface area (Å²) in [5, 5.41) is 0. The van der Waals surface area contributed by atoms with Crippen molar-refractivity contribution in [2.45, 2.75) is 38.5 Å². The lowest BCUT2D eigenvalue weighted by atomic mass is 9.96. The summed E-state index contributed by atoms with van der Waals surface area (Å²) in [7, 11) is 0.